The van der Waals surface area contributed by atoms with Crippen LogP contribution in [0.3, 0.4) is 0 Å². The van der Waals surface area contributed by atoms with Gasteiger partial charge in [0, 0.05) is 6.07 Å². The van der Waals surface area contributed by atoms with Gasteiger partial charge in [0.15, 0.2) is 11.7 Å². The summed E-state index contributed by atoms with van der Waals surface area (Å²) >= 11 is 0. The Labute approximate surface area is 154 Å². The summed E-state index contributed by atoms with van der Waals surface area (Å²) in [6, 6.07) is 12.6. The SMILES string of the molecule is COc1cccc(OC(C)CN=C(N)Nc2ccccc2OC(F)(F)F)c1. The molecule has 0 bridgehead atoms. The van der Waals surface area contributed by atoms with E-state index in [0.29, 0.717) is 11.5 Å². The summed E-state index contributed by atoms with van der Waals surface area (Å²) in [5, 5.41) is 2.60. The molecule has 9 heteroatoms. The Hall–Kier alpha value is -3.10. The van der Waals surface area contributed by atoms with Crippen LogP contribution in [-0.2, 0) is 0 Å². The van der Waals surface area contributed by atoms with Crippen molar-refractivity contribution >= 4 is 11.6 Å². The molecular weight excluding hydrogens is 363 g/mol. The fourth-order valence-corrected chi connectivity index (χ4v) is 2.13. The van der Waals surface area contributed by atoms with Gasteiger partial charge in [0.1, 0.15) is 17.6 Å². The van der Waals surface area contributed by atoms with Gasteiger partial charge in [-0.05, 0) is 31.2 Å². The van der Waals surface area contributed by atoms with Crippen LogP contribution in [-0.4, -0.2) is 32.1 Å². The third-order valence-corrected chi connectivity index (χ3v) is 3.27. The van der Waals surface area contributed by atoms with Crippen LogP contribution in [0.15, 0.2) is 53.5 Å². The minimum atomic E-state index is -4.80. The van der Waals surface area contributed by atoms with E-state index < -0.39 is 12.1 Å². The molecule has 0 saturated heterocycles. The number of rotatable bonds is 7. The van der Waals surface area contributed by atoms with Gasteiger partial charge in [-0.2, -0.15) is 0 Å². The van der Waals surface area contributed by atoms with Crippen molar-refractivity contribution in [3.8, 4) is 17.2 Å². The first-order chi connectivity index (χ1) is 12.8. The summed E-state index contributed by atoms with van der Waals surface area (Å²) in [6.45, 7) is 1.98. The molecule has 0 fully saturated rings. The van der Waals surface area contributed by atoms with E-state index in [2.05, 4.69) is 15.0 Å². The molecule has 0 aliphatic heterocycles. The molecule has 1 atom stereocenters. The van der Waals surface area contributed by atoms with Crippen molar-refractivity contribution in [3.63, 3.8) is 0 Å². The van der Waals surface area contributed by atoms with Crippen molar-refractivity contribution in [1.82, 2.24) is 0 Å². The molecule has 0 radical (unpaired) electrons. The van der Waals surface area contributed by atoms with Crippen LogP contribution in [0.5, 0.6) is 17.2 Å². The molecule has 2 aromatic rings. The lowest BCUT2D eigenvalue weighted by molar-refractivity contribution is -0.274. The predicted octanol–water partition coefficient (Wildman–Crippen LogP) is 3.79. The summed E-state index contributed by atoms with van der Waals surface area (Å²) < 4.78 is 52.1. The van der Waals surface area contributed by atoms with E-state index in [-0.39, 0.29) is 24.3 Å². The number of nitrogens with one attached hydrogen (secondary N) is 1. The highest BCUT2D eigenvalue weighted by Crippen LogP contribution is 2.29. The van der Waals surface area contributed by atoms with Crippen molar-refractivity contribution in [3.05, 3.63) is 48.5 Å². The normalized spacial score (nSPS) is 13.0. The molecule has 0 heterocycles. The molecule has 1 unspecified atom stereocenters. The zero-order valence-electron chi connectivity index (χ0n) is 14.8. The van der Waals surface area contributed by atoms with Crippen LogP contribution in [0.1, 0.15) is 6.92 Å². The Bertz CT molecular complexity index is 782. The maximum absolute atomic E-state index is 12.4. The van der Waals surface area contributed by atoms with E-state index in [1.165, 1.54) is 18.2 Å². The minimum absolute atomic E-state index is 0.0532. The molecule has 6 nitrogen and oxygen atoms in total. The van der Waals surface area contributed by atoms with Crippen LogP contribution in [0.4, 0.5) is 18.9 Å². The topological polar surface area (TPSA) is 78.1 Å². The second kappa shape index (κ2) is 9.02. The Kier molecular flexibility index (Phi) is 6.75. The highest BCUT2D eigenvalue weighted by atomic mass is 19.4. The largest absolute Gasteiger partial charge is 0.573 e. The zero-order valence-corrected chi connectivity index (χ0v) is 14.8. The lowest BCUT2D eigenvalue weighted by Crippen LogP contribution is -2.26. The fourth-order valence-electron chi connectivity index (χ4n) is 2.13. The lowest BCUT2D eigenvalue weighted by atomic mass is 10.3. The van der Waals surface area contributed by atoms with E-state index in [1.54, 1.807) is 44.4 Å². The number of aliphatic imine (C=N–C) groups is 1. The number of para-hydroxylation sites is 2. The van der Waals surface area contributed by atoms with Gasteiger partial charge in [0.25, 0.3) is 0 Å². The maximum atomic E-state index is 12.4. The third-order valence-electron chi connectivity index (χ3n) is 3.27. The Morgan fingerprint density at radius 3 is 2.56 bits per heavy atom. The molecule has 0 saturated carbocycles. The van der Waals surface area contributed by atoms with E-state index in [4.69, 9.17) is 15.2 Å². The average Bonchev–Trinajstić information content (AvgIpc) is 2.60. The van der Waals surface area contributed by atoms with Gasteiger partial charge in [-0.25, -0.2) is 4.99 Å². The Morgan fingerprint density at radius 1 is 1.15 bits per heavy atom. The summed E-state index contributed by atoms with van der Waals surface area (Å²) in [5.41, 5.74) is 5.81. The molecular formula is C18H20F3N3O3. The predicted molar refractivity (Wildman–Crippen MR) is 96.3 cm³/mol. The van der Waals surface area contributed by atoms with Gasteiger partial charge < -0.3 is 25.3 Å². The molecule has 0 amide bonds. The quantitative estimate of drug-likeness (QED) is 0.562. The number of anilines is 1. The molecule has 0 aliphatic rings. The molecule has 0 spiro atoms. The summed E-state index contributed by atoms with van der Waals surface area (Å²) in [6.07, 6.45) is -5.12. The highest BCUT2D eigenvalue weighted by molar-refractivity contribution is 5.93. The zero-order chi connectivity index (χ0) is 19.9. The van der Waals surface area contributed by atoms with Gasteiger partial charge in [-0.15, -0.1) is 13.2 Å². The maximum Gasteiger partial charge on any atom is 0.573 e. The molecule has 2 rings (SSSR count). The number of ether oxygens (including phenoxy) is 3. The van der Waals surface area contributed by atoms with E-state index in [1.807, 2.05) is 0 Å². The van der Waals surface area contributed by atoms with Crippen LogP contribution >= 0.6 is 0 Å². The molecule has 0 aromatic heterocycles. The average molecular weight is 383 g/mol. The molecule has 146 valence electrons. The number of hydrogen-bond donors (Lipinski definition) is 2. The first-order valence-corrected chi connectivity index (χ1v) is 7.99. The Balaban J connectivity index is 1.96. The van der Waals surface area contributed by atoms with Gasteiger partial charge in [-0.1, -0.05) is 18.2 Å². The number of guanidine groups is 1. The van der Waals surface area contributed by atoms with Crippen molar-refractivity contribution in [2.45, 2.75) is 19.4 Å². The standard InChI is InChI=1S/C18H20F3N3O3/c1-12(26-14-7-5-6-13(10-14)25-2)11-23-17(22)24-15-8-3-4-9-16(15)27-18(19,20)21/h3-10,12H,11H2,1-2H3,(H3,22,23,24). The molecule has 0 aliphatic carbocycles. The summed E-state index contributed by atoms with van der Waals surface area (Å²) in [4.78, 5) is 4.09. The van der Waals surface area contributed by atoms with Crippen molar-refractivity contribution < 1.29 is 27.4 Å². The highest BCUT2D eigenvalue weighted by Gasteiger charge is 2.32. The summed E-state index contributed by atoms with van der Waals surface area (Å²) in [7, 11) is 1.56. The second-order valence-corrected chi connectivity index (χ2v) is 5.50. The van der Waals surface area contributed by atoms with Crippen molar-refractivity contribution in [2.75, 3.05) is 19.0 Å². The number of methoxy groups -OCH3 is 1. The van der Waals surface area contributed by atoms with Gasteiger partial charge in [0.05, 0.1) is 19.3 Å². The lowest BCUT2D eigenvalue weighted by Gasteiger charge is -2.15. The molecule has 2 aromatic carbocycles. The van der Waals surface area contributed by atoms with E-state index in [0.717, 1.165) is 0 Å². The number of benzene rings is 2. The van der Waals surface area contributed by atoms with Gasteiger partial charge >= 0.3 is 6.36 Å². The monoisotopic (exact) mass is 383 g/mol. The third kappa shape index (κ3) is 6.96. The first kappa shape index (κ1) is 20.2. The number of nitrogens with zero attached hydrogens (tertiary/aromatic N) is 1. The number of hydrogen-bond acceptors (Lipinski definition) is 4. The number of nitrogens with two attached hydrogens (primary N) is 1. The van der Waals surface area contributed by atoms with Crippen molar-refractivity contribution in [1.29, 1.82) is 0 Å². The minimum Gasteiger partial charge on any atom is -0.497 e. The Morgan fingerprint density at radius 2 is 1.85 bits per heavy atom. The van der Waals surface area contributed by atoms with Gasteiger partial charge in [-0.3, -0.25) is 0 Å². The van der Waals surface area contributed by atoms with Crippen LogP contribution in [0, 0.1) is 0 Å². The van der Waals surface area contributed by atoms with Crippen LogP contribution in [0.25, 0.3) is 0 Å². The van der Waals surface area contributed by atoms with Crippen molar-refractivity contribution in [2.24, 2.45) is 10.7 Å². The van der Waals surface area contributed by atoms with Crippen LogP contribution in [0.2, 0.25) is 0 Å². The summed E-state index contributed by atoms with van der Waals surface area (Å²) in [5.74, 6) is 0.802. The fraction of sp³-hybridized carbons (Fsp3) is 0.278. The second-order valence-electron chi connectivity index (χ2n) is 5.50. The molecule has 27 heavy (non-hydrogen) atoms. The van der Waals surface area contributed by atoms with Crippen LogP contribution < -0.4 is 25.3 Å². The molecule has 3 N–H and O–H groups in total. The van der Waals surface area contributed by atoms with Gasteiger partial charge in [0.2, 0.25) is 0 Å². The number of alkyl halides is 3. The first-order valence-electron chi connectivity index (χ1n) is 7.99. The number of halogens is 3. The van der Waals surface area contributed by atoms with E-state index >= 15 is 0 Å². The van der Waals surface area contributed by atoms with E-state index in [9.17, 15) is 13.2 Å². The smallest absolute Gasteiger partial charge is 0.497 e.